The summed E-state index contributed by atoms with van der Waals surface area (Å²) in [6.07, 6.45) is 1.46. The smallest absolute Gasteiger partial charge is 0.163 e. The van der Waals surface area contributed by atoms with Crippen LogP contribution in [0.4, 0.5) is 0 Å². The Morgan fingerprint density at radius 2 is 2.24 bits per heavy atom. The molecule has 1 aromatic carbocycles. The number of rotatable bonds is 3. The van der Waals surface area contributed by atoms with Crippen molar-refractivity contribution in [2.75, 3.05) is 0 Å². The van der Waals surface area contributed by atoms with Crippen LogP contribution in [0.2, 0.25) is 0 Å². The maximum absolute atomic E-state index is 10.6. The predicted octanol–water partition coefficient (Wildman–Crippen LogP) is 2.32. The van der Waals surface area contributed by atoms with E-state index in [2.05, 4.69) is 26.0 Å². The molecule has 2 aromatic rings. The maximum atomic E-state index is 10.6. The van der Waals surface area contributed by atoms with E-state index in [1.54, 1.807) is 11.6 Å². The molecule has 1 N–H and O–H groups in total. The van der Waals surface area contributed by atoms with Gasteiger partial charge in [-0.3, -0.25) is 0 Å². The topological polar surface area (TPSA) is 50.9 Å². The summed E-state index contributed by atoms with van der Waals surface area (Å²) < 4.78 is 2.62. The van der Waals surface area contributed by atoms with Gasteiger partial charge in [-0.05, 0) is 31.5 Å². The molecule has 0 spiro atoms. The summed E-state index contributed by atoms with van der Waals surface area (Å²) >= 11 is 3.40. The lowest BCUT2D eigenvalue weighted by Crippen LogP contribution is -2.27. The van der Waals surface area contributed by atoms with Crippen molar-refractivity contribution in [1.29, 1.82) is 0 Å². The number of aromatic nitrogens is 3. The normalized spacial score (nSPS) is 14.6. The highest BCUT2D eigenvalue weighted by Gasteiger charge is 2.30. The first-order chi connectivity index (χ1) is 8.05. The van der Waals surface area contributed by atoms with E-state index >= 15 is 0 Å². The van der Waals surface area contributed by atoms with Gasteiger partial charge in [0.15, 0.2) is 5.82 Å². The van der Waals surface area contributed by atoms with Gasteiger partial charge in [-0.1, -0.05) is 28.1 Å². The molecule has 17 heavy (non-hydrogen) atoms. The summed E-state index contributed by atoms with van der Waals surface area (Å²) in [5.41, 5.74) is -0.356. The van der Waals surface area contributed by atoms with E-state index in [-0.39, 0.29) is 0 Å². The molecule has 0 aliphatic carbocycles. The van der Waals surface area contributed by atoms with Gasteiger partial charge in [-0.15, -0.1) is 0 Å². The Hall–Kier alpha value is -1.20. The van der Waals surface area contributed by atoms with Crippen molar-refractivity contribution in [3.63, 3.8) is 0 Å². The maximum Gasteiger partial charge on any atom is 0.163 e. The molecule has 1 unspecified atom stereocenters. The second kappa shape index (κ2) is 4.58. The van der Waals surface area contributed by atoms with E-state index in [4.69, 9.17) is 0 Å². The van der Waals surface area contributed by atoms with Gasteiger partial charge in [-0.25, -0.2) is 9.67 Å². The standard InChI is InChI=1S/C12H14BrN3O/c1-3-16-11(14-8-15-16)12(2,17)9-5-4-6-10(13)7-9/h4-8,17H,3H2,1-2H3. The third-order valence-corrected chi connectivity index (χ3v) is 3.23. The highest BCUT2D eigenvalue weighted by molar-refractivity contribution is 9.10. The zero-order valence-electron chi connectivity index (χ0n) is 9.76. The van der Waals surface area contributed by atoms with Crippen molar-refractivity contribution in [2.45, 2.75) is 26.0 Å². The van der Waals surface area contributed by atoms with E-state index in [0.29, 0.717) is 12.4 Å². The average molecular weight is 296 g/mol. The van der Waals surface area contributed by atoms with E-state index in [1.165, 1.54) is 6.33 Å². The van der Waals surface area contributed by atoms with Crippen molar-refractivity contribution >= 4 is 15.9 Å². The van der Waals surface area contributed by atoms with Crippen LogP contribution < -0.4 is 0 Å². The molecule has 0 bridgehead atoms. The van der Waals surface area contributed by atoms with Gasteiger partial charge < -0.3 is 5.11 Å². The molecular weight excluding hydrogens is 282 g/mol. The summed E-state index contributed by atoms with van der Waals surface area (Å²) in [6.45, 7) is 4.37. The number of hydrogen-bond donors (Lipinski definition) is 1. The number of halogens is 1. The summed E-state index contributed by atoms with van der Waals surface area (Å²) in [7, 11) is 0. The highest BCUT2D eigenvalue weighted by Crippen LogP contribution is 2.29. The zero-order chi connectivity index (χ0) is 12.5. The number of aryl methyl sites for hydroxylation is 1. The quantitative estimate of drug-likeness (QED) is 0.945. The number of hydrogen-bond acceptors (Lipinski definition) is 3. The summed E-state index contributed by atoms with van der Waals surface area (Å²) in [5, 5.41) is 14.7. The van der Waals surface area contributed by atoms with Crippen molar-refractivity contribution in [1.82, 2.24) is 14.8 Å². The van der Waals surface area contributed by atoms with Gasteiger partial charge in [-0.2, -0.15) is 5.10 Å². The monoisotopic (exact) mass is 295 g/mol. The minimum absolute atomic E-state index is 0.554. The zero-order valence-corrected chi connectivity index (χ0v) is 11.3. The lowest BCUT2D eigenvalue weighted by Gasteiger charge is -2.23. The molecule has 5 heteroatoms. The van der Waals surface area contributed by atoms with Gasteiger partial charge in [0.1, 0.15) is 11.9 Å². The second-order valence-electron chi connectivity index (χ2n) is 3.98. The lowest BCUT2D eigenvalue weighted by molar-refractivity contribution is 0.0868. The minimum atomic E-state index is -1.14. The van der Waals surface area contributed by atoms with E-state index < -0.39 is 5.60 Å². The number of nitrogens with zero attached hydrogens (tertiary/aromatic N) is 3. The van der Waals surface area contributed by atoms with Crippen molar-refractivity contribution in [3.05, 3.63) is 46.5 Å². The Balaban J connectivity index is 2.49. The van der Waals surface area contributed by atoms with Gasteiger partial charge >= 0.3 is 0 Å². The second-order valence-corrected chi connectivity index (χ2v) is 4.90. The van der Waals surface area contributed by atoms with Crippen LogP contribution in [0, 0.1) is 0 Å². The largest absolute Gasteiger partial charge is 0.377 e. The first-order valence-corrected chi connectivity index (χ1v) is 6.21. The predicted molar refractivity (Wildman–Crippen MR) is 68.5 cm³/mol. The van der Waals surface area contributed by atoms with Gasteiger partial charge in [0.05, 0.1) is 0 Å². The summed E-state index contributed by atoms with van der Waals surface area (Å²) in [5.74, 6) is 0.554. The third-order valence-electron chi connectivity index (χ3n) is 2.74. The number of benzene rings is 1. The molecule has 0 saturated carbocycles. The Morgan fingerprint density at radius 1 is 1.47 bits per heavy atom. The van der Waals surface area contributed by atoms with Gasteiger partial charge in [0.2, 0.25) is 0 Å². The van der Waals surface area contributed by atoms with Crippen LogP contribution >= 0.6 is 15.9 Å². The van der Waals surface area contributed by atoms with Gasteiger partial charge in [0.25, 0.3) is 0 Å². The van der Waals surface area contributed by atoms with Crippen molar-refractivity contribution < 1.29 is 5.11 Å². The average Bonchev–Trinajstić information content (AvgIpc) is 2.77. The molecule has 0 aliphatic heterocycles. The summed E-state index contributed by atoms with van der Waals surface area (Å²) in [6, 6.07) is 7.57. The van der Waals surface area contributed by atoms with Crippen LogP contribution in [-0.4, -0.2) is 19.9 Å². The first-order valence-electron chi connectivity index (χ1n) is 5.42. The molecule has 0 saturated heterocycles. The molecule has 2 rings (SSSR count). The van der Waals surface area contributed by atoms with Crippen LogP contribution in [0.25, 0.3) is 0 Å². The fourth-order valence-electron chi connectivity index (χ4n) is 1.79. The molecule has 1 heterocycles. The Kier molecular flexibility index (Phi) is 3.31. The Labute approximate surface area is 108 Å². The van der Waals surface area contributed by atoms with Crippen molar-refractivity contribution in [3.8, 4) is 0 Å². The fraction of sp³-hybridized carbons (Fsp3) is 0.333. The van der Waals surface area contributed by atoms with Crippen LogP contribution in [0.3, 0.4) is 0 Å². The van der Waals surface area contributed by atoms with Crippen molar-refractivity contribution in [2.24, 2.45) is 0 Å². The van der Waals surface area contributed by atoms with Crippen LogP contribution in [0.15, 0.2) is 35.1 Å². The number of aliphatic hydroxyl groups is 1. The molecule has 0 amide bonds. The van der Waals surface area contributed by atoms with E-state index in [1.807, 2.05) is 31.2 Å². The molecule has 1 aromatic heterocycles. The molecule has 1 atom stereocenters. The third kappa shape index (κ3) is 2.25. The lowest BCUT2D eigenvalue weighted by atomic mass is 9.95. The molecule has 90 valence electrons. The SMILES string of the molecule is CCn1ncnc1C(C)(O)c1cccc(Br)c1. The van der Waals surface area contributed by atoms with Crippen LogP contribution in [0.5, 0.6) is 0 Å². The molecule has 0 radical (unpaired) electrons. The molecule has 0 aliphatic rings. The molecule has 0 fully saturated rings. The summed E-state index contributed by atoms with van der Waals surface area (Å²) in [4.78, 5) is 4.15. The highest BCUT2D eigenvalue weighted by atomic mass is 79.9. The first kappa shape index (κ1) is 12.3. The molecular formula is C12H14BrN3O. The van der Waals surface area contributed by atoms with Gasteiger partial charge in [0, 0.05) is 11.0 Å². The van der Waals surface area contributed by atoms with E-state index in [9.17, 15) is 5.11 Å². The van der Waals surface area contributed by atoms with E-state index in [0.717, 1.165) is 10.0 Å². The Morgan fingerprint density at radius 3 is 2.88 bits per heavy atom. The Bertz CT molecular complexity index is 522. The van der Waals surface area contributed by atoms with Crippen LogP contribution in [-0.2, 0) is 12.1 Å². The fourth-order valence-corrected chi connectivity index (χ4v) is 2.19. The van der Waals surface area contributed by atoms with Crippen LogP contribution in [0.1, 0.15) is 25.2 Å². The molecule has 4 nitrogen and oxygen atoms in total. The minimum Gasteiger partial charge on any atom is -0.377 e.